The largest absolute Gasteiger partial charge is 0.496 e. The summed E-state index contributed by atoms with van der Waals surface area (Å²) < 4.78 is 6.28. The second-order valence-electron chi connectivity index (χ2n) is 6.27. The van der Waals surface area contributed by atoms with Crippen molar-refractivity contribution in [1.82, 2.24) is 0 Å². The van der Waals surface area contributed by atoms with Crippen LogP contribution in [0.25, 0.3) is 6.08 Å². The summed E-state index contributed by atoms with van der Waals surface area (Å²) in [5.41, 5.74) is 2.79. The van der Waals surface area contributed by atoms with Crippen molar-refractivity contribution in [3.05, 3.63) is 58.6 Å². The Kier molecular flexibility index (Phi) is 6.34. The van der Waals surface area contributed by atoms with Crippen LogP contribution < -0.4 is 15.0 Å². The summed E-state index contributed by atoms with van der Waals surface area (Å²) in [6.07, 6.45) is 6.98. The van der Waals surface area contributed by atoms with Gasteiger partial charge in [0.2, 0.25) is 5.91 Å². The maximum absolute atomic E-state index is 12.4. The number of anilines is 2. The molecule has 1 amide bonds. The number of benzene rings is 2. The second kappa shape index (κ2) is 8.90. The number of nitrogens with zero attached hydrogens (tertiary/aromatic N) is 1. The van der Waals surface area contributed by atoms with E-state index in [1.165, 1.54) is 25.3 Å². The molecule has 4 nitrogen and oxygen atoms in total. The number of amides is 1. The Balaban J connectivity index is 1.73. The molecule has 1 N–H and O–H groups in total. The second-order valence-corrected chi connectivity index (χ2v) is 7.19. The molecule has 0 spiro atoms. The lowest BCUT2D eigenvalue weighted by molar-refractivity contribution is -0.111. The Labute approximate surface area is 163 Å². The summed E-state index contributed by atoms with van der Waals surface area (Å²) in [5.74, 6) is 0.572. The topological polar surface area (TPSA) is 41.6 Å². The monoisotopic (exact) mass is 414 g/mol. The van der Waals surface area contributed by atoms with Crippen molar-refractivity contribution in [3.8, 4) is 5.75 Å². The maximum Gasteiger partial charge on any atom is 0.248 e. The highest BCUT2D eigenvalue weighted by Crippen LogP contribution is 2.28. The quantitative estimate of drug-likeness (QED) is 0.691. The molecule has 1 saturated heterocycles. The molecule has 0 unspecified atom stereocenters. The average molecular weight is 415 g/mol. The SMILES string of the molecule is COc1ccc(Br)cc1/C=C/C(=O)Nc1ccccc1N1CCCCC1. The number of hydrogen-bond acceptors (Lipinski definition) is 3. The van der Waals surface area contributed by atoms with E-state index in [-0.39, 0.29) is 5.91 Å². The molecule has 0 radical (unpaired) electrons. The number of piperidine rings is 1. The molecule has 1 aliphatic rings. The Morgan fingerprint density at radius 2 is 1.92 bits per heavy atom. The molecule has 2 aromatic rings. The molecule has 0 atom stereocenters. The van der Waals surface area contributed by atoms with Crippen molar-refractivity contribution in [2.24, 2.45) is 0 Å². The zero-order valence-electron chi connectivity index (χ0n) is 14.9. The van der Waals surface area contributed by atoms with E-state index in [1.807, 2.05) is 36.4 Å². The molecule has 1 fully saturated rings. The van der Waals surface area contributed by atoms with E-state index < -0.39 is 0 Å². The van der Waals surface area contributed by atoms with Crippen LogP contribution in [-0.4, -0.2) is 26.1 Å². The summed E-state index contributed by atoms with van der Waals surface area (Å²) in [5, 5.41) is 3.01. The maximum atomic E-state index is 12.4. The first-order chi connectivity index (χ1) is 12.7. The smallest absolute Gasteiger partial charge is 0.248 e. The molecule has 0 bridgehead atoms. The molecule has 0 aliphatic carbocycles. The third-order valence-electron chi connectivity index (χ3n) is 4.46. The summed E-state index contributed by atoms with van der Waals surface area (Å²) in [6, 6.07) is 13.7. The molecule has 136 valence electrons. The van der Waals surface area contributed by atoms with Crippen molar-refractivity contribution < 1.29 is 9.53 Å². The first kappa shape index (κ1) is 18.5. The summed E-state index contributed by atoms with van der Waals surface area (Å²) >= 11 is 3.44. The minimum absolute atomic E-state index is 0.156. The third kappa shape index (κ3) is 4.67. The molecular formula is C21H23BrN2O2. The van der Waals surface area contributed by atoms with Gasteiger partial charge in [0.25, 0.3) is 0 Å². The summed E-state index contributed by atoms with van der Waals surface area (Å²) in [4.78, 5) is 14.8. The highest BCUT2D eigenvalue weighted by molar-refractivity contribution is 9.10. The number of carbonyl (C=O) groups excluding carboxylic acids is 1. The minimum Gasteiger partial charge on any atom is -0.496 e. The van der Waals surface area contributed by atoms with Gasteiger partial charge in [-0.15, -0.1) is 0 Å². The number of methoxy groups -OCH3 is 1. The fourth-order valence-corrected chi connectivity index (χ4v) is 3.54. The normalized spacial score (nSPS) is 14.5. The molecule has 1 heterocycles. The van der Waals surface area contributed by atoms with Crippen LogP contribution in [0.3, 0.4) is 0 Å². The number of rotatable bonds is 5. The molecule has 0 aromatic heterocycles. The van der Waals surface area contributed by atoms with Crippen molar-refractivity contribution in [2.75, 3.05) is 30.4 Å². The van der Waals surface area contributed by atoms with Gasteiger partial charge in [-0.25, -0.2) is 0 Å². The van der Waals surface area contributed by atoms with Crippen molar-refractivity contribution in [3.63, 3.8) is 0 Å². The van der Waals surface area contributed by atoms with E-state index >= 15 is 0 Å². The van der Waals surface area contributed by atoms with Crippen LogP contribution in [0.1, 0.15) is 24.8 Å². The molecule has 3 rings (SSSR count). The lowest BCUT2D eigenvalue weighted by Crippen LogP contribution is -2.30. The van der Waals surface area contributed by atoms with Crippen molar-refractivity contribution in [1.29, 1.82) is 0 Å². The van der Waals surface area contributed by atoms with Crippen LogP contribution in [0.4, 0.5) is 11.4 Å². The lowest BCUT2D eigenvalue weighted by atomic mass is 10.1. The predicted molar refractivity (Wildman–Crippen MR) is 111 cm³/mol. The fourth-order valence-electron chi connectivity index (χ4n) is 3.17. The zero-order valence-corrected chi connectivity index (χ0v) is 16.5. The van der Waals surface area contributed by atoms with E-state index in [0.717, 1.165) is 40.2 Å². The standard InChI is InChI=1S/C21H23BrN2O2/c1-26-20-11-10-17(22)15-16(20)9-12-21(25)23-18-7-3-4-8-19(18)24-13-5-2-6-14-24/h3-4,7-12,15H,2,5-6,13-14H2,1H3,(H,23,25)/b12-9+. The van der Waals surface area contributed by atoms with Crippen LogP contribution in [0.15, 0.2) is 53.0 Å². The Hall–Kier alpha value is -2.27. The highest BCUT2D eigenvalue weighted by Gasteiger charge is 2.14. The Morgan fingerprint density at radius 3 is 2.69 bits per heavy atom. The number of nitrogens with one attached hydrogen (secondary N) is 1. The number of halogens is 1. The van der Waals surface area contributed by atoms with E-state index in [0.29, 0.717) is 0 Å². The van der Waals surface area contributed by atoms with Gasteiger partial charge in [0.05, 0.1) is 18.5 Å². The van der Waals surface area contributed by atoms with Gasteiger partial charge in [-0.3, -0.25) is 4.79 Å². The molecular weight excluding hydrogens is 392 g/mol. The van der Waals surface area contributed by atoms with E-state index in [1.54, 1.807) is 13.2 Å². The highest BCUT2D eigenvalue weighted by atomic mass is 79.9. The summed E-state index contributed by atoms with van der Waals surface area (Å²) in [7, 11) is 1.62. The van der Waals surface area contributed by atoms with Gasteiger partial charge in [0.1, 0.15) is 5.75 Å². The fraction of sp³-hybridized carbons (Fsp3) is 0.286. The van der Waals surface area contributed by atoms with Crippen LogP contribution in [-0.2, 0) is 4.79 Å². The molecule has 1 aliphatic heterocycles. The summed E-state index contributed by atoms with van der Waals surface area (Å²) in [6.45, 7) is 2.08. The minimum atomic E-state index is -0.156. The van der Waals surface area contributed by atoms with E-state index in [9.17, 15) is 4.79 Å². The zero-order chi connectivity index (χ0) is 18.4. The van der Waals surface area contributed by atoms with Crippen LogP contribution >= 0.6 is 15.9 Å². The first-order valence-electron chi connectivity index (χ1n) is 8.84. The van der Waals surface area contributed by atoms with Gasteiger partial charge >= 0.3 is 0 Å². The van der Waals surface area contributed by atoms with E-state index in [4.69, 9.17) is 4.74 Å². The third-order valence-corrected chi connectivity index (χ3v) is 4.96. The van der Waals surface area contributed by atoms with Gasteiger partial charge in [-0.05, 0) is 55.7 Å². The lowest BCUT2D eigenvalue weighted by Gasteiger charge is -2.30. The molecule has 26 heavy (non-hydrogen) atoms. The van der Waals surface area contributed by atoms with Gasteiger partial charge in [-0.1, -0.05) is 28.1 Å². The van der Waals surface area contributed by atoms with E-state index in [2.05, 4.69) is 32.2 Å². The Bertz CT molecular complexity index is 798. The van der Waals surface area contributed by atoms with Gasteiger partial charge in [0.15, 0.2) is 0 Å². The number of hydrogen-bond donors (Lipinski definition) is 1. The average Bonchev–Trinajstić information content (AvgIpc) is 2.67. The number of carbonyl (C=O) groups is 1. The van der Waals surface area contributed by atoms with Gasteiger partial charge in [0, 0.05) is 29.2 Å². The number of para-hydroxylation sites is 2. The van der Waals surface area contributed by atoms with Crippen molar-refractivity contribution >= 4 is 39.3 Å². The van der Waals surface area contributed by atoms with Crippen LogP contribution in [0.5, 0.6) is 5.75 Å². The van der Waals surface area contributed by atoms with Crippen LogP contribution in [0, 0.1) is 0 Å². The van der Waals surface area contributed by atoms with Crippen LogP contribution in [0.2, 0.25) is 0 Å². The number of ether oxygens (including phenoxy) is 1. The van der Waals surface area contributed by atoms with Gasteiger partial charge in [-0.2, -0.15) is 0 Å². The Morgan fingerprint density at radius 1 is 1.15 bits per heavy atom. The molecule has 0 saturated carbocycles. The predicted octanol–water partition coefficient (Wildman–Crippen LogP) is 5.10. The first-order valence-corrected chi connectivity index (χ1v) is 9.63. The molecule has 5 heteroatoms. The molecule has 2 aromatic carbocycles. The van der Waals surface area contributed by atoms with Gasteiger partial charge < -0.3 is 15.0 Å². The van der Waals surface area contributed by atoms with Crippen molar-refractivity contribution in [2.45, 2.75) is 19.3 Å².